The van der Waals surface area contributed by atoms with Crippen LogP contribution in [0.2, 0.25) is 0 Å². The summed E-state index contributed by atoms with van der Waals surface area (Å²) in [6, 6.07) is 0.463. The maximum Gasteiger partial charge on any atom is 0.191 e. The van der Waals surface area contributed by atoms with Crippen molar-refractivity contribution in [3.63, 3.8) is 0 Å². The number of aliphatic hydroxyl groups is 1. The molecule has 5 heteroatoms. The van der Waals surface area contributed by atoms with Gasteiger partial charge in [-0.05, 0) is 77.9 Å². The molecule has 1 saturated carbocycles. The Morgan fingerprint density at radius 2 is 1.79 bits per heavy atom. The molecule has 0 aromatic carbocycles. The number of hydrogen-bond donors (Lipinski definition) is 3. The number of likely N-dealkylation sites (tertiary alicyclic amines) is 1. The molecule has 1 heterocycles. The van der Waals surface area contributed by atoms with Crippen LogP contribution in [-0.4, -0.2) is 60.8 Å². The fraction of sp³-hybridized carbons (Fsp3) is 0.947. The third-order valence-corrected chi connectivity index (χ3v) is 5.23. The van der Waals surface area contributed by atoms with Gasteiger partial charge in [0.15, 0.2) is 5.96 Å². The number of nitrogens with one attached hydrogen (secondary N) is 2. The lowest BCUT2D eigenvalue weighted by Gasteiger charge is -2.27. The lowest BCUT2D eigenvalue weighted by Crippen LogP contribution is -2.45. The molecule has 1 saturated heterocycles. The van der Waals surface area contributed by atoms with Crippen molar-refractivity contribution in [3.8, 4) is 0 Å². The van der Waals surface area contributed by atoms with E-state index in [-0.39, 0.29) is 6.10 Å². The molecular weight excluding hydrogens is 300 g/mol. The average Bonchev–Trinajstić information content (AvgIpc) is 2.61. The Hall–Kier alpha value is -0.810. The predicted molar refractivity (Wildman–Crippen MR) is 102 cm³/mol. The third-order valence-electron chi connectivity index (χ3n) is 5.23. The van der Waals surface area contributed by atoms with Crippen molar-refractivity contribution in [2.45, 2.75) is 83.3 Å². The Balaban J connectivity index is 1.58. The minimum Gasteiger partial charge on any atom is -0.393 e. The fourth-order valence-corrected chi connectivity index (χ4v) is 3.73. The fourth-order valence-electron chi connectivity index (χ4n) is 3.73. The molecule has 2 aliphatic rings. The van der Waals surface area contributed by atoms with Crippen molar-refractivity contribution in [1.29, 1.82) is 0 Å². The van der Waals surface area contributed by atoms with Gasteiger partial charge in [0.2, 0.25) is 0 Å². The highest BCUT2D eigenvalue weighted by Crippen LogP contribution is 2.18. The van der Waals surface area contributed by atoms with Crippen molar-refractivity contribution in [1.82, 2.24) is 15.5 Å². The maximum atomic E-state index is 9.61. The summed E-state index contributed by atoms with van der Waals surface area (Å²) in [6.07, 6.45) is 11.8. The average molecular weight is 339 g/mol. The molecule has 0 bridgehead atoms. The molecule has 24 heavy (non-hydrogen) atoms. The zero-order valence-electron chi connectivity index (χ0n) is 15.6. The van der Waals surface area contributed by atoms with Crippen molar-refractivity contribution in [2.24, 2.45) is 4.99 Å². The van der Waals surface area contributed by atoms with E-state index in [2.05, 4.69) is 22.5 Å². The predicted octanol–water partition coefficient (Wildman–Crippen LogP) is 2.50. The molecule has 0 spiro atoms. The van der Waals surface area contributed by atoms with Gasteiger partial charge in [-0.25, -0.2) is 0 Å². The monoisotopic (exact) mass is 338 g/mol. The van der Waals surface area contributed by atoms with Crippen molar-refractivity contribution in [2.75, 3.05) is 32.7 Å². The normalized spacial score (nSPS) is 26.3. The summed E-state index contributed by atoms with van der Waals surface area (Å²) in [4.78, 5) is 7.35. The highest BCUT2D eigenvalue weighted by Gasteiger charge is 2.19. The number of hydrogen-bond acceptors (Lipinski definition) is 3. The number of nitrogens with zero attached hydrogens (tertiary/aromatic N) is 2. The summed E-state index contributed by atoms with van der Waals surface area (Å²) in [5.74, 6) is 0.954. The van der Waals surface area contributed by atoms with Gasteiger partial charge in [0.25, 0.3) is 0 Å². The number of rotatable bonds is 8. The maximum absolute atomic E-state index is 9.61. The summed E-state index contributed by atoms with van der Waals surface area (Å²) in [6.45, 7) is 7.80. The van der Waals surface area contributed by atoms with Crippen molar-refractivity contribution < 1.29 is 5.11 Å². The van der Waals surface area contributed by atoms with Gasteiger partial charge in [-0.2, -0.15) is 0 Å². The highest BCUT2D eigenvalue weighted by molar-refractivity contribution is 5.80. The smallest absolute Gasteiger partial charge is 0.191 e. The molecule has 0 radical (unpaired) electrons. The molecular formula is C19H38N4O. The molecule has 0 amide bonds. The molecule has 1 aliphatic carbocycles. The number of unbranched alkanes of at least 4 members (excludes halogenated alkanes) is 2. The Morgan fingerprint density at radius 3 is 2.50 bits per heavy atom. The van der Waals surface area contributed by atoms with Crippen LogP contribution in [0.3, 0.4) is 0 Å². The summed E-state index contributed by atoms with van der Waals surface area (Å²) < 4.78 is 0. The quantitative estimate of drug-likeness (QED) is 0.361. The molecule has 0 aromatic rings. The van der Waals surface area contributed by atoms with Crippen LogP contribution >= 0.6 is 0 Å². The van der Waals surface area contributed by atoms with Gasteiger partial charge in [-0.15, -0.1) is 0 Å². The second-order valence-corrected chi connectivity index (χ2v) is 7.37. The van der Waals surface area contributed by atoms with Crippen LogP contribution in [0.25, 0.3) is 0 Å². The standard InChI is InChI=1S/C19H38N4O/c1-2-20-19(22-17-9-11-18(24)12-10-17)21-13-5-3-6-14-23-15-7-4-8-16-23/h17-18,24H,2-16H2,1H3,(H2,20,21,22). The van der Waals surface area contributed by atoms with Crippen LogP contribution in [-0.2, 0) is 0 Å². The van der Waals surface area contributed by atoms with E-state index in [4.69, 9.17) is 4.99 Å². The van der Waals surface area contributed by atoms with Crippen molar-refractivity contribution >= 4 is 5.96 Å². The molecule has 2 fully saturated rings. The first-order valence-electron chi connectivity index (χ1n) is 10.2. The molecule has 0 unspecified atom stereocenters. The van der Waals surface area contributed by atoms with E-state index in [9.17, 15) is 5.11 Å². The van der Waals surface area contributed by atoms with E-state index >= 15 is 0 Å². The first-order chi connectivity index (χ1) is 11.8. The van der Waals surface area contributed by atoms with E-state index in [1.165, 1.54) is 58.2 Å². The zero-order valence-corrected chi connectivity index (χ0v) is 15.6. The van der Waals surface area contributed by atoms with Gasteiger partial charge in [-0.1, -0.05) is 12.8 Å². The highest BCUT2D eigenvalue weighted by atomic mass is 16.3. The minimum atomic E-state index is -0.0949. The van der Waals surface area contributed by atoms with E-state index < -0.39 is 0 Å². The summed E-state index contributed by atoms with van der Waals surface area (Å²) in [7, 11) is 0. The lowest BCUT2D eigenvalue weighted by molar-refractivity contribution is 0.120. The molecule has 0 atom stereocenters. The molecule has 5 nitrogen and oxygen atoms in total. The molecule has 2 rings (SSSR count). The SMILES string of the molecule is CCNC(=NCCCCCN1CCCCC1)NC1CCC(O)CC1. The largest absolute Gasteiger partial charge is 0.393 e. The van der Waals surface area contributed by atoms with Crippen molar-refractivity contribution in [3.05, 3.63) is 0 Å². The van der Waals surface area contributed by atoms with E-state index in [1.54, 1.807) is 0 Å². The Labute approximate surface area is 148 Å². The number of aliphatic hydroxyl groups excluding tert-OH is 1. The molecule has 1 aliphatic heterocycles. The van der Waals surface area contributed by atoms with Crippen LogP contribution in [0.5, 0.6) is 0 Å². The topological polar surface area (TPSA) is 59.9 Å². The van der Waals surface area contributed by atoms with Crippen LogP contribution in [0.15, 0.2) is 4.99 Å². The third kappa shape index (κ3) is 7.84. The van der Waals surface area contributed by atoms with Gasteiger partial charge >= 0.3 is 0 Å². The number of guanidine groups is 1. The van der Waals surface area contributed by atoms with Crippen LogP contribution in [0.1, 0.15) is 71.1 Å². The second kappa shape index (κ2) is 11.7. The minimum absolute atomic E-state index is 0.0949. The van der Waals surface area contributed by atoms with E-state index in [0.717, 1.165) is 44.7 Å². The Morgan fingerprint density at radius 1 is 1.04 bits per heavy atom. The van der Waals surface area contributed by atoms with Crippen LogP contribution in [0, 0.1) is 0 Å². The van der Waals surface area contributed by atoms with Crippen LogP contribution < -0.4 is 10.6 Å². The first kappa shape index (κ1) is 19.5. The second-order valence-electron chi connectivity index (χ2n) is 7.37. The van der Waals surface area contributed by atoms with E-state index in [0.29, 0.717) is 6.04 Å². The van der Waals surface area contributed by atoms with E-state index in [1.807, 2.05) is 0 Å². The zero-order chi connectivity index (χ0) is 17.0. The first-order valence-corrected chi connectivity index (χ1v) is 10.2. The molecule has 0 aromatic heterocycles. The van der Waals surface area contributed by atoms with Gasteiger partial charge in [0.05, 0.1) is 6.10 Å². The van der Waals surface area contributed by atoms with Gasteiger partial charge in [-0.3, -0.25) is 4.99 Å². The summed E-state index contributed by atoms with van der Waals surface area (Å²) >= 11 is 0. The van der Waals surface area contributed by atoms with Gasteiger partial charge in [0, 0.05) is 19.1 Å². The van der Waals surface area contributed by atoms with Gasteiger partial charge < -0.3 is 20.6 Å². The molecule has 140 valence electrons. The summed E-state index contributed by atoms with van der Waals surface area (Å²) in [5, 5.41) is 16.5. The van der Waals surface area contributed by atoms with Gasteiger partial charge in [0.1, 0.15) is 0 Å². The Bertz CT molecular complexity index is 347. The molecule has 3 N–H and O–H groups in total. The van der Waals surface area contributed by atoms with Crippen LogP contribution in [0.4, 0.5) is 0 Å². The number of aliphatic imine (C=N–C) groups is 1. The summed E-state index contributed by atoms with van der Waals surface area (Å²) in [5.41, 5.74) is 0. The Kier molecular flexibility index (Phi) is 9.51. The number of piperidine rings is 1. The lowest BCUT2D eigenvalue weighted by atomic mass is 9.93.